The average molecular weight is 560 g/mol. The van der Waals surface area contributed by atoms with Gasteiger partial charge in [0.25, 0.3) is 0 Å². The molecule has 1 aliphatic rings. The molecule has 3 aromatic rings. The van der Waals surface area contributed by atoms with Crippen molar-refractivity contribution in [3.8, 4) is 17.2 Å². The molecule has 3 aromatic carbocycles. The van der Waals surface area contributed by atoms with E-state index >= 15 is 0 Å². The molecule has 0 saturated heterocycles. The molecule has 1 heterocycles. The largest absolute Gasteiger partial charge is 0.508 e. The minimum absolute atomic E-state index is 0.139. The van der Waals surface area contributed by atoms with Crippen molar-refractivity contribution >= 4 is 37.6 Å². The van der Waals surface area contributed by atoms with Gasteiger partial charge in [-0.05, 0) is 73.2 Å². The van der Waals surface area contributed by atoms with Crippen molar-refractivity contribution in [3.05, 3.63) is 86.3 Å². The van der Waals surface area contributed by atoms with Crippen LogP contribution in [-0.4, -0.2) is 24.5 Å². The van der Waals surface area contributed by atoms with Crippen molar-refractivity contribution in [1.82, 2.24) is 5.32 Å². The number of hydrogen-bond donors (Lipinski definition) is 2. The normalized spacial score (nSPS) is 18.2. The summed E-state index contributed by atoms with van der Waals surface area (Å²) in [6.45, 7) is 2.59. The SMILES string of the molecule is CCOc1ccc(C2=N[C@H](c3cc(Br)ccc3OC)N[C@@H](c3cc(Br)ccc3O)C2)cc1. The molecule has 0 fully saturated rings. The third-order valence-electron chi connectivity index (χ3n) is 5.39. The summed E-state index contributed by atoms with van der Waals surface area (Å²) >= 11 is 7.09. The minimum atomic E-state index is -0.346. The van der Waals surface area contributed by atoms with Gasteiger partial charge in [-0.15, -0.1) is 0 Å². The molecular formula is C25H24Br2N2O3. The number of phenolic OH excluding ortho intramolecular Hbond substituents is 1. The molecule has 7 heteroatoms. The molecule has 0 bridgehead atoms. The number of aliphatic imine (C=N–C) groups is 1. The zero-order valence-electron chi connectivity index (χ0n) is 17.8. The molecule has 2 N–H and O–H groups in total. The Kier molecular flexibility index (Phi) is 7.18. The maximum atomic E-state index is 10.6. The van der Waals surface area contributed by atoms with Gasteiger partial charge < -0.3 is 14.6 Å². The van der Waals surface area contributed by atoms with Crippen molar-refractivity contribution < 1.29 is 14.6 Å². The predicted octanol–water partition coefficient (Wildman–Crippen LogP) is 6.55. The summed E-state index contributed by atoms with van der Waals surface area (Å²) in [7, 11) is 1.66. The lowest BCUT2D eigenvalue weighted by Gasteiger charge is -2.31. The molecule has 0 spiro atoms. The topological polar surface area (TPSA) is 63.1 Å². The Morgan fingerprint density at radius 3 is 2.38 bits per heavy atom. The number of ether oxygens (including phenoxy) is 2. The van der Waals surface area contributed by atoms with Crippen molar-refractivity contribution in [1.29, 1.82) is 0 Å². The third kappa shape index (κ3) is 5.00. The highest BCUT2D eigenvalue weighted by Crippen LogP contribution is 2.38. The van der Waals surface area contributed by atoms with Crippen LogP contribution in [-0.2, 0) is 0 Å². The van der Waals surface area contributed by atoms with Crippen LogP contribution in [0, 0.1) is 0 Å². The number of benzene rings is 3. The van der Waals surface area contributed by atoms with Crippen LogP contribution in [0.4, 0.5) is 0 Å². The van der Waals surface area contributed by atoms with E-state index < -0.39 is 0 Å². The van der Waals surface area contributed by atoms with E-state index in [0.717, 1.165) is 42.8 Å². The molecule has 32 heavy (non-hydrogen) atoms. The van der Waals surface area contributed by atoms with Crippen LogP contribution in [0.5, 0.6) is 17.2 Å². The lowest BCUT2D eigenvalue weighted by Crippen LogP contribution is -2.33. The predicted molar refractivity (Wildman–Crippen MR) is 134 cm³/mol. The summed E-state index contributed by atoms with van der Waals surface area (Å²) in [6, 6.07) is 19.2. The number of aromatic hydroxyl groups is 1. The molecule has 0 amide bonds. The summed E-state index contributed by atoms with van der Waals surface area (Å²) in [5.74, 6) is 1.83. The number of phenols is 1. The smallest absolute Gasteiger partial charge is 0.130 e. The second-order valence-corrected chi connectivity index (χ2v) is 9.28. The molecule has 166 valence electrons. The van der Waals surface area contributed by atoms with Gasteiger partial charge in [-0.2, -0.15) is 0 Å². The van der Waals surface area contributed by atoms with Crippen LogP contribution in [0.3, 0.4) is 0 Å². The van der Waals surface area contributed by atoms with Gasteiger partial charge in [-0.3, -0.25) is 10.3 Å². The fourth-order valence-electron chi connectivity index (χ4n) is 3.87. The van der Waals surface area contributed by atoms with Crippen molar-refractivity contribution in [3.63, 3.8) is 0 Å². The lowest BCUT2D eigenvalue weighted by molar-refractivity contribution is 0.340. The van der Waals surface area contributed by atoms with Crippen LogP contribution in [0.1, 0.15) is 42.2 Å². The zero-order valence-corrected chi connectivity index (χ0v) is 21.0. The monoisotopic (exact) mass is 558 g/mol. The van der Waals surface area contributed by atoms with Crippen LogP contribution in [0.15, 0.2) is 74.6 Å². The highest BCUT2D eigenvalue weighted by atomic mass is 79.9. The third-order valence-corrected chi connectivity index (χ3v) is 6.38. The standard InChI is InChI=1S/C25H24Br2N2O3/c1-3-32-18-8-4-15(5-9-18)21-14-22(19-12-16(26)6-10-23(19)30)29-25(28-21)20-13-17(27)7-11-24(20)31-2/h4-13,22,25,29-30H,3,14H2,1-2H3/t22-,25+/m1/s1. The minimum Gasteiger partial charge on any atom is -0.508 e. The molecule has 4 rings (SSSR count). The quantitative estimate of drug-likeness (QED) is 0.359. The Morgan fingerprint density at radius 1 is 1.00 bits per heavy atom. The number of methoxy groups -OCH3 is 1. The lowest BCUT2D eigenvalue weighted by atomic mass is 9.93. The van der Waals surface area contributed by atoms with E-state index in [1.54, 1.807) is 13.2 Å². The number of hydrogen-bond acceptors (Lipinski definition) is 5. The van der Waals surface area contributed by atoms with Gasteiger partial charge in [-0.25, -0.2) is 0 Å². The molecule has 1 aliphatic heterocycles. The van der Waals surface area contributed by atoms with Gasteiger partial charge >= 0.3 is 0 Å². The summed E-state index contributed by atoms with van der Waals surface area (Å²) in [5.41, 5.74) is 3.71. The molecule has 0 aromatic heterocycles. The number of rotatable bonds is 6. The first kappa shape index (κ1) is 22.8. The second kappa shape index (κ2) is 10.1. The van der Waals surface area contributed by atoms with Crippen LogP contribution in [0.25, 0.3) is 0 Å². The fraction of sp³-hybridized carbons (Fsp3) is 0.240. The summed E-state index contributed by atoms with van der Waals surface area (Å²) in [5, 5.41) is 14.2. The zero-order chi connectivity index (χ0) is 22.7. The number of nitrogens with zero attached hydrogens (tertiary/aromatic N) is 1. The maximum Gasteiger partial charge on any atom is 0.130 e. The fourth-order valence-corrected chi connectivity index (χ4v) is 4.63. The summed E-state index contributed by atoms with van der Waals surface area (Å²) in [4.78, 5) is 5.05. The molecule has 2 atom stereocenters. The number of halogens is 2. The van der Waals surface area contributed by atoms with Gasteiger partial charge in [0, 0.05) is 38.2 Å². The number of nitrogens with one attached hydrogen (secondary N) is 1. The van der Waals surface area contributed by atoms with E-state index in [0.29, 0.717) is 13.0 Å². The maximum absolute atomic E-state index is 10.6. The van der Waals surface area contributed by atoms with Crippen molar-refractivity contribution in [2.24, 2.45) is 4.99 Å². The van der Waals surface area contributed by atoms with E-state index in [2.05, 4.69) is 37.2 Å². The van der Waals surface area contributed by atoms with Gasteiger partial charge in [0.1, 0.15) is 23.4 Å². The highest BCUT2D eigenvalue weighted by Gasteiger charge is 2.29. The van der Waals surface area contributed by atoms with Crippen LogP contribution >= 0.6 is 31.9 Å². The average Bonchev–Trinajstić information content (AvgIpc) is 2.81. The Hall–Kier alpha value is -2.35. The first-order valence-corrected chi connectivity index (χ1v) is 11.9. The van der Waals surface area contributed by atoms with E-state index in [1.807, 2.05) is 61.5 Å². The molecule has 0 aliphatic carbocycles. The molecule has 0 saturated carbocycles. The Bertz CT molecular complexity index is 1130. The van der Waals surface area contributed by atoms with Crippen molar-refractivity contribution in [2.75, 3.05) is 13.7 Å². The van der Waals surface area contributed by atoms with Gasteiger partial charge in [0.05, 0.1) is 13.7 Å². The van der Waals surface area contributed by atoms with Crippen LogP contribution < -0.4 is 14.8 Å². The molecule has 0 radical (unpaired) electrons. The Morgan fingerprint density at radius 2 is 1.69 bits per heavy atom. The summed E-state index contributed by atoms with van der Waals surface area (Å²) in [6.07, 6.45) is 0.284. The van der Waals surface area contributed by atoms with Gasteiger partial charge in [-0.1, -0.05) is 31.9 Å². The molecular weight excluding hydrogens is 536 g/mol. The van der Waals surface area contributed by atoms with Crippen LogP contribution in [0.2, 0.25) is 0 Å². The second-order valence-electron chi connectivity index (χ2n) is 7.45. The van der Waals surface area contributed by atoms with E-state index in [4.69, 9.17) is 14.5 Å². The van der Waals surface area contributed by atoms with Crippen molar-refractivity contribution in [2.45, 2.75) is 25.6 Å². The van der Waals surface area contributed by atoms with E-state index in [1.165, 1.54) is 0 Å². The molecule has 5 nitrogen and oxygen atoms in total. The first-order chi connectivity index (χ1) is 15.5. The highest BCUT2D eigenvalue weighted by molar-refractivity contribution is 9.10. The Balaban J connectivity index is 1.78. The van der Waals surface area contributed by atoms with Gasteiger partial charge in [0.2, 0.25) is 0 Å². The van der Waals surface area contributed by atoms with Gasteiger partial charge in [0.15, 0.2) is 0 Å². The first-order valence-electron chi connectivity index (χ1n) is 10.4. The summed E-state index contributed by atoms with van der Waals surface area (Å²) < 4.78 is 13.1. The van der Waals surface area contributed by atoms with E-state index in [9.17, 15) is 5.11 Å². The Labute approximate surface area is 204 Å². The van der Waals surface area contributed by atoms with E-state index in [-0.39, 0.29) is 18.0 Å². The molecule has 0 unspecified atom stereocenters.